The van der Waals surface area contributed by atoms with Gasteiger partial charge in [-0.1, -0.05) is 64.6 Å². The average molecular weight is 649 g/mol. The Morgan fingerprint density at radius 1 is 0.929 bits per heavy atom. The van der Waals surface area contributed by atoms with Crippen LogP contribution in [0.3, 0.4) is 0 Å². The van der Waals surface area contributed by atoms with E-state index >= 15 is 0 Å². The van der Waals surface area contributed by atoms with E-state index < -0.39 is 27.6 Å². The second-order valence-electron chi connectivity index (χ2n) is 10.4. The minimum Gasteiger partial charge on any atom is -0.461 e. The zero-order valence-electron chi connectivity index (χ0n) is 23.5. The molecular formula is C31H28Cl3NO6S. The van der Waals surface area contributed by atoms with Gasteiger partial charge in [0.25, 0.3) is 10.0 Å². The summed E-state index contributed by atoms with van der Waals surface area (Å²) in [6, 6.07) is 15.4. The maximum atomic E-state index is 14.2. The molecule has 0 fully saturated rings. The Labute approximate surface area is 259 Å². The third-order valence-electron chi connectivity index (χ3n) is 6.07. The summed E-state index contributed by atoms with van der Waals surface area (Å²) in [5, 5.41) is 0.816. The van der Waals surface area contributed by atoms with E-state index in [0.717, 1.165) is 9.54 Å². The molecule has 3 aromatic carbocycles. The van der Waals surface area contributed by atoms with Crippen LogP contribution in [0, 0.1) is 6.92 Å². The summed E-state index contributed by atoms with van der Waals surface area (Å²) in [6.07, 6.45) is 1.38. The molecule has 4 rings (SSSR count). The molecule has 0 saturated carbocycles. The summed E-state index contributed by atoms with van der Waals surface area (Å²) >= 11 is 19.1. The predicted octanol–water partition coefficient (Wildman–Crippen LogP) is 8.21. The smallest absolute Gasteiger partial charge is 0.356 e. The number of aromatic nitrogens is 1. The van der Waals surface area contributed by atoms with Gasteiger partial charge >= 0.3 is 11.9 Å². The number of carbonyl (C=O) groups excluding carboxylic acids is 2. The Bertz CT molecular complexity index is 1820. The molecule has 0 aliphatic rings. The zero-order valence-corrected chi connectivity index (χ0v) is 26.6. The average Bonchev–Trinajstić information content (AvgIpc) is 3.22. The molecule has 0 atom stereocenters. The van der Waals surface area contributed by atoms with E-state index in [-0.39, 0.29) is 49.3 Å². The van der Waals surface area contributed by atoms with E-state index in [4.69, 9.17) is 44.3 Å². The van der Waals surface area contributed by atoms with Gasteiger partial charge in [-0.3, -0.25) is 0 Å². The van der Waals surface area contributed by atoms with E-state index in [0.29, 0.717) is 10.6 Å². The molecule has 0 amide bonds. The monoisotopic (exact) mass is 647 g/mol. The lowest BCUT2D eigenvalue weighted by Gasteiger charge is -2.21. The molecule has 0 N–H and O–H groups in total. The maximum absolute atomic E-state index is 14.2. The Hall–Kier alpha value is -3.30. The number of halogens is 3. The van der Waals surface area contributed by atoms with Crippen molar-refractivity contribution in [2.45, 2.75) is 45.1 Å². The normalized spacial score (nSPS) is 12.4. The highest BCUT2D eigenvalue weighted by atomic mass is 35.5. The van der Waals surface area contributed by atoms with Crippen LogP contribution < -0.4 is 0 Å². The number of ether oxygens (including phenoxy) is 2. The van der Waals surface area contributed by atoms with E-state index in [9.17, 15) is 18.0 Å². The van der Waals surface area contributed by atoms with Crippen molar-refractivity contribution in [3.63, 3.8) is 0 Å². The molecule has 0 bridgehead atoms. The Kier molecular flexibility index (Phi) is 9.14. The molecule has 0 aliphatic heterocycles. The first-order valence-electron chi connectivity index (χ1n) is 12.9. The van der Waals surface area contributed by atoms with Crippen molar-refractivity contribution in [2.24, 2.45) is 0 Å². The summed E-state index contributed by atoms with van der Waals surface area (Å²) < 4.78 is 40.3. The van der Waals surface area contributed by atoms with Crippen molar-refractivity contribution in [2.75, 3.05) is 6.61 Å². The number of benzene rings is 3. The number of hydrogen-bond donors (Lipinski definition) is 0. The highest BCUT2D eigenvalue weighted by Gasteiger charge is 2.33. The third-order valence-corrected chi connectivity index (χ3v) is 8.57. The number of esters is 2. The van der Waals surface area contributed by atoms with Gasteiger partial charge < -0.3 is 9.47 Å². The molecule has 0 aliphatic carbocycles. The summed E-state index contributed by atoms with van der Waals surface area (Å²) in [5.74, 6) is -1.66. The van der Waals surface area contributed by atoms with Crippen molar-refractivity contribution >= 4 is 79.3 Å². The van der Waals surface area contributed by atoms with Crippen molar-refractivity contribution < 1.29 is 27.5 Å². The van der Waals surface area contributed by atoms with Gasteiger partial charge in [-0.15, -0.1) is 0 Å². The van der Waals surface area contributed by atoms with Crippen LogP contribution in [0.1, 0.15) is 54.9 Å². The van der Waals surface area contributed by atoms with Crippen LogP contribution in [-0.4, -0.2) is 36.5 Å². The molecule has 1 heterocycles. The van der Waals surface area contributed by atoms with E-state index in [1.54, 1.807) is 64.1 Å². The Balaban J connectivity index is 2.18. The minimum atomic E-state index is -4.41. The number of rotatable bonds is 7. The molecule has 1 aromatic heterocycles. The Morgan fingerprint density at radius 2 is 1.55 bits per heavy atom. The van der Waals surface area contributed by atoms with Gasteiger partial charge in [0.05, 0.1) is 27.6 Å². The zero-order chi connectivity index (χ0) is 31.0. The van der Waals surface area contributed by atoms with Crippen LogP contribution in [0.2, 0.25) is 15.1 Å². The van der Waals surface area contributed by atoms with Crippen LogP contribution in [0.5, 0.6) is 0 Å². The first-order chi connectivity index (χ1) is 19.6. The topological polar surface area (TPSA) is 91.7 Å². The fourth-order valence-corrected chi connectivity index (χ4v) is 6.52. The highest BCUT2D eigenvalue weighted by Crippen LogP contribution is 2.40. The van der Waals surface area contributed by atoms with Gasteiger partial charge in [0, 0.05) is 21.0 Å². The van der Waals surface area contributed by atoms with Crippen molar-refractivity contribution in [1.82, 2.24) is 3.97 Å². The largest absolute Gasteiger partial charge is 0.461 e. The molecule has 42 heavy (non-hydrogen) atoms. The van der Waals surface area contributed by atoms with E-state index in [1.807, 2.05) is 6.92 Å². The SMILES string of the molecule is CCOC(=O)c1c(/C=C(/C(=O)OC(C)(C)C)c2ccc(Cl)cc2)c2c(Cl)cc(Cl)cc2n1S(=O)(=O)c1ccc(C)cc1. The number of hydrogen-bond acceptors (Lipinski definition) is 6. The lowest BCUT2D eigenvalue weighted by atomic mass is 10.0. The van der Waals surface area contributed by atoms with E-state index in [1.165, 1.54) is 30.3 Å². The lowest BCUT2D eigenvalue weighted by Crippen LogP contribution is -2.24. The molecule has 4 aromatic rings. The molecule has 0 unspecified atom stereocenters. The molecule has 0 spiro atoms. The molecule has 7 nitrogen and oxygen atoms in total. The van der Waals surface area contributed by atoms with Crippen LogP contribution in [0.4, 0.5) is 0 Å². The van der Waals surface area contributed by atoms with Crippen LogP contribution >= 0.6 is 34.8 Å². The molecular weight excluding hydrogens is 621 g/mol. The first-order valence-corrected chi connectivity index (χ1v) is 15.4. The lowest BCUT2D eigenvalue weighted by molar-refractivity contribution is -0.147. The molecule has 0 saturated heterocycles. The van der Waals surface area contributed by atoms with Crippen molar-refractivity contribution in [1.29, 1.82) is 0 Å². The molecule has 220 valence electrons. The summed E-state index contributed by atoms with van der Waals surface area (Å²) in [5.41, 5.74) is 0.142. The van der Waals surface area contributed by atoms with Gasteiger partial charge in [0.15, 0.2) is 5.69 Å². The summed E-state index contributed by atoms with van der Waals surface area (Å²) in [7, 11) is -4.41. The number of nitrogens with zero attached hydrogens (tertiary/aromatic N) is 1. The maximum Gasteiger partial charge on any atom is 0.356 e. The van der Waals surface area contributed by atoms with Gasteiger partial charge in [0.1, 0.15) is 5.60 Å². The quantitative estimate of drug-likeness (QED) is 0.148. The number of aryl methyl sites for hydroxylation is 1. The van der Waals surface area contributed by atoms with Crippen LogP contribution in [-0.2, 0) is 24.3 Å². The van der Waals surface area contributed by atoms with Crippen molar-refractivity contribution in [3.05, 3.63) is 98.1 Å². The second-order valence-corrected chi connectivity index (χ2v) is 13.5. The predicted molar refractivity (Wildman–Crippen MR) is 167 cm³/mol. The van der Waals surface area contributed by atoms with Crippen LogP contribution in [0.15, 0.2) is 65.6 Å². The third kappa shape index (κ3) is 6.52. The second kappa shape index (κ2) is 12.1. The fourth-order valence-electron chi connectivity index (χ4n) is 4.30. The van der Waals surface area contributed by atoms with Crippen LogP contribution in [0.25, 0.3) is 22.6 Å². The molecule has 0 radical (unpaired) electrons. The highest BCUT2D eigenvalue weighted by molar-refractivity contribution is 7.90. The summed E-state index contributed by atoms with van der Waals surface area (Å²) in [4.78, 5) is 27.1. The fraction of sp³-hybridized carbons (Fsp3) is 0.226. The van der Waals surface area contributed by atoms with E-state index in [2.05, 4.69) is 0 Å². The van der Waals surface area contributed by atoms with Gasteiger partial charge in [-0.05, 0) is 82.7 Å². The van der Waals surface area contributed by atoms with Gasteiger partial charge in [-0.25, -0.2) is 22.0 Å². The van der Waals surface area contributed by atoms with Gasteiger partial charge in [0.2, 0.25) is 0 Å². The number of fused-ring (bicyclic) bond motifs is 1. The molecule has 11 heteroatoms. The standard InChI is InChI=1S/C31H28Cl3NO6S/c1-6-40-30(37)28-24(17-23(29(36)41-31(3,4)5)19-9-11-20(32)12-10-19)27-25(34)15-21(33)16-26(27)35(28)42(38,39)22-13-7-18(2)8-14-22/h7-17H,6H2,1-5H3/b23-17+. The summed E-state index contributed by atoms with van der Waals surface area (Å²) in [6.45, 7) is 8.52. The minimum absolute atomic E-state index is 0.0297. The Morgan fingerprint density at radius 3 is 2.12 bits per heavy atom. The number of carbonyl (C=O) groups is 2. The first kappa shape index (κ1) is 31.6. The van der Waals surface area contributed by atoms with Crippen molar-refractivity contribution in [3.8, 4) is 0 Å². The van der Waals surface area contributed by atoms with Gasteiger partial charge in [-0.2, -0.15) is 0 Å².